The summed E-state index contributed by atoms with van der Waals surface area (Å²) in [5.74, 6) is 0.0564. The summed E-state index contributed by atoms with van der Waals surface area (Å²) in [7, 11) is 0. The molecule has 128 valence electrons. The van der Waals surface area contributed by atoms with Crippen molar-refractivity contribution in [2.45, 2.75) is 50.6 Å². The van der Waals surface area contributed by atoms with Gasteiger partial charge >= 0.3 is 0 Å². The van der Waals surface area contributed by atoms with Gasteiger partial charge in [-0.15, -0.1) is 11.3 Å². The summed E-state index contributed by atoms with van der Waals surface area (Å²) in [6.07, 6.45) is 9.88. The first-order valence-corrected chi connectivity index (χ1v) is 9.56. The lowest BCUT2D eigenvalue weighted by atomic mass is 9.87. The summed E-state index contributed by atoms with van der Waals surface area (Å²) in [5.41, 5.74) is 0.671. The van der Waals surface area contributed by atoms with Crippen LogP contribution in [0.25, 0.3) is 0 Å². The normalized spacial score (nSPS) is 19.7. The third kappa shape index (κ3) is 2.86. The van der Waals surface area contributed by atoms with Crippen molar-refractivity contribution in [1.29, 1.82) is 0 Å². The minimum Gasteiger partial charge on any atom is -0.347 e. The fraction of sp³-hybridized carbons (Fsp3) is 0.588. The minimum absolute atomic E-state index is 0.0564. The molecule has 1 amide bonds. The van der Waals surface area contributed by atoms with E-state index >= 15 is 0 Å². The Bertz CT molecular complexity index is 679. The van der Waals surface area contributed by atoms with Gasteiger partial charge in [0.2, 0.25) is 5.91 Å². The Morgan fingerprint density at radius 2 is 2.17 bits per heavy atom. The Labute approximate surface area is 145 Å². The Balaban J connectivity index is 1.48. The van der Waals surface area contributed by atoms with Crippen molar-refractivity contribution < 1.29 is 4.79 Å². The SMILES string of the molecule is O=C(NCc1nc2c(s1)CCCC2)C1(n2cccn2)CCNCC1. The van der Waals surface area contributed by atoms with Gasteiger partial charge in [0.05, 0.1) is 12.2 Å². The molecule has 3 heterocycles. The van der Waals surface area contributed by atoms with E-state index in [4.69, 9.17) is 4.98 Å². The zero-order valence-corrected chi connectivity index (χ0v) is 14.6. The van der Waals surface area contributed by atoms with Crippen LogP contribution >= 0.6 is 11.3 Å². The molecule has 4 rings (SSSR count). The molecule has 2 aromatic heterocycles. The standard InChI is InChI=1S/C17H23N5OS/c23-16(17(6-9-18-10-7-17)22-11-3-8-20-22)19-12-15-21-13-4-1-2-5-14(13)24-15/h3,8,11,18H,1-2,4-7,9-10,12H2,(H,19,23). The van der Waals surface area contributed by atoms with Gasteiger partial charge in [0, 0.05) is 17.3 Å². The zero-order valence-electron chi connectivity index (χ0n) is 13.8. The highest BCUT2D eigenvalue weighted by atomic mass is 32.1. The maximum atomic E-state index is 13.0. The number of hydrogen-bond acceptors (Lipinski definition) is 5. The van der Waals surface area contributed by atoms with Gasteiger partial charge in [-0.2, -0.15) is 5.10 Å². The molecule has 0 bridgehead atoms. The third-order valence-electron chi connectivity index (χ3n) is 5.09. The number of hydrogen-bond donors (Lipinski definition) is 2. The van der Waals surface area contributed by atoms with E-state index in [1.165, 1.54) is 23.4 Å². The molecule has 1 aliphatic carbocycles. The van der Waals surface area contributed by atoms with Gasteiger partial charge in [0.1, 0.15) is 10.5 Å². The monoisotopic (exact) mass is 345 g/mol. The Morgan fingerprint density at radius 3 is 2.92 bits per heavy atom. The van der Waals surface area contributed by atoms with E-state index in [0.717, 1.165) is 43.8 Å². The highest BCUT2D eigenvalue weighted by molar-refractivity contribution is 7.11. The topological polar surface area (TPSA) is 71.8 Å². The molecular weight excluding hydrogens is 322 g/mol. The molecular formula is C17H23N5OS. The number of amides is 1. The number of carbonyl (C=O) groups excluding carboxylic acids is 1. The number of nitrogens with one attached hydrogen (secondary N) is 2. The van der Waals surface area contributed by atoms with E-state index in [1.807, 2.05) is 16.9 Å². The van der Waals surface area contributed by atoms with E-state index < -0.39 is 5.54 Å². The van der Waals surface area contributed by atoms with Gasteiger partial charge in [-0.05, 0) is 57.7 Å². The number of rotatable bonds is 4. The van der Waals surface area contributed by atoms with Crippen LogP contribution in [-0.2, 0) is 29.7 Å². The molecule has 2 aliphatic rings. The van der Waals surface area contributed by atoms with Crippen LogP contribution in [0.3, 0.4) is 0 Å². The van der Waals surface area contributed by atoms with Crippen LogP contribution in [0.4, 0.5) is 0 Å². The summed E-state index contributed by atoms with van der Waals surface area (Å²) in [6, 6.07) is 1.88. The Morgan fingerprint density at radius 1 is 1.33 bits per heavy atom. The molecule has 0 atom stereocenters. The predicted molar refractivity (Wildman–Crippen MR) is 92.9 cm³/mol. The van der Waals surface area contributed by atoms with Crippen molar-refractivity contribution in [3.8, 4) is 0 Å². The maximum Gasteiger partial charge on any atom is 0.248 e. The van der Waals surface area contributed by atoms with Gasteiger partial charge in [-0.25, -0.2) is 4.98 Å². The van der Waals surface area contributed by atoms with Gasteiger partial charge in [0.15, 0.2) is 0 Å². The van der Waals surface area contributed by atoms with Crippen molar-refractivity contribution in [2.75, 3.05) is 13.1 Å². The van der Waals surface area contributed by atoms with E-state index in [-0.39, 0.29) is 5.91 Å². The fourth-order valence-corrected chi connectivity index (χ4v) is 4.82. The second-order valence-corrected chi connectivity index (χ2v) is 7.77. The average molecular weight is 345 g/mol. The molecule has 1 aliphatic heterocycles. The summed E-state index contributed by atoms with van der Waals surface area (Å²) < 4.78 is 1.83. The Kier molecular flexibility index (Phi) is 4.37. The molecule has 24 heavy (non-hydrogen) atoms. The van der Waals surface area contributed by atoms with E-state index in [1.54, 1.807) is 17.5 Å². The van der Waals surface area contributed by atoms with Crippen LogP contribution < -0.4 is 10.6 Å². The van der Waals surface area contributed by atoms with Crippen molar-refractivity contribution >= 4 is 17.2 Å². The van der Waals surface area contributed by atoms with Crippen molar-refractivity contribution in [3.63, 3.8) is 0 Å². The first-order chi connectivity index (χ1) is 11.8. The smallest absolute Gasteiger partial charge is 0.248 e. The van der Waals surface area contributed by atoms with E-state index in [2.05, 4.69) is 15.7 Å². The number of thiazole rings is 1. The quantitative estimate of drug-likeness (QED) is 0.883. The summed E-state index contributed by atoms with van der Waals surface area (Å²) in [5, 5.41) is 11.8. The molecule has 1 fully saturated rings. The van der Waals surface area contributed by atoms with Gasteiger partial charge in [0.25, 0.3) is 0 Å². The number of aryl methyl sites for hydroxylation is 2. The third-order valence-corrected chi connectivity index (χ3v) is 6.24. The van der Waals surface area contributed by atoms with Crippen LogP contribution in [0, 0.1) is 0 Å². The molecule has 2 aromatic rings. The zero-order chi connectivity index (χ0) is 16.4. The second kappa shape index (κ2) is 6.64. The van der Waals surface area contributed by atoms with Gasteiger partial charge < -0.3 is 10.6 Å². The van der Waals surface area contributed by atoms with Crippen LogP contribution in [0.1, 0.15) is 41.3 Å². The highest BCUT2D eigenvalue weighted by Crippen LogP contribution is 2.29. The summed E-state index contributed by atoms with van der Waals surface area (Å²) >= 11 is 1.76. The van der Waals surface area contributed by atoms with E-state index in [9.17, 15) is 4.79 Å². The summed E-state index contributed by atoms with van der Waals surface area (Å²) in [4.78, 5) is 19.1. The molecule has 0 spiro atoms. The average Bonchev–Trinajstić information content (AvgIpc) is 3.29. The summed E-state index contributed by atoms with van der Waals surface area (Å²) in [6.45, 7) is 2.19. The first kappa shape index (κ1) is 15.8. The molecule has 2 N–H and O–H groups in total. The number of nitrogens with zero attached hydrogens (tertiary/aromatic N) is 3. The predicted octanol–water partition coefficient (Wildman–Crippen LogP) is 1.61. The number of piperidine rings is 1. The number of carbonyl (C=O) groups is 1. The lowest BCUT2D eigenvalue weighted by molar-refractivity contribution is -0.132. The largest absolute Gasteiger partial charge is 0.347 e. The van der Waals surface area contributed by atoms with Crippen LogP contribution in [0.5, 0.6) is 0 Å². The second-order valence-electron chi connectivity index (χ2n) is 6.60. The van der Waals surface area contributed by atoms with Crippen LogP contribution in [-0.4, -0.2) is 33.8 Å². The molecule has 6 nitrogen and oxygen atoms in total. The minimum atomic E-state index is -0.578. The maximum absolute atomic E-state index is 13.0. The van der Waals surface area contributed by atoms with Crippen LogP contribution in [0.2, 0.25) is 0 Å². The van der Waals surface area contributed by atoms with Gasteiger partial charge in [-0.3, -0.25) is 9.48 Å². The first-order valence-electron chi connectivity index (χ1n) is 8.74. The van der Waals surface area contributed by atoms with Crippen LogP contribution in [0.15, 0.2) is 18.5 Å². The highest BCUT2D eigenvalue weighted by Gasteiger charge is 2.41. The van der Waals surface area contributed by atoms with Crippen molar-refractivity contribution in [2.24, 2.45) is 0 Å². The molecule has 7 heteroatoms. The molecule has 1 saturated heterocycles. The van der Waals surface area contributed by atoms with Crippen molar-refractivity contribution in [3.05, 3.63) is 34.0 Å². The van der Waals surface area contributed by atoms with Crippen molar-refractivity contribution in [1.82, 2.24) is 25.4 Å². The molecule has 0 radical (unpaired) electrons. The Hall–Kier alpha value is -1.73. The number of aromatic nitrogens is 3. The fourth-order valence-electron chi connectivity index (χ4n) is 3.72. The lowest BCUT2D eigenvalue weighted by Crippen LogP contribution is -2.54. The molecule has 0 saturated carbocycles. The van der Waals surface area contributed by atoms with E-state index in [0.29, 0.717) is 6.54 Å². The molecule has 0 unspecified atom stereocenters. The lowest BCUT2D eigenvalue weighted by Gasteiger charge is -2.36. The molecule has 0 aromatic carbocycles. The number of fused-ring (bicyclic) bond motifs is 1. The van der Waals surface area contributed by atoms with Gasteiger partial charge in [-0.1, -0.05) is 0 Å².